The van der Waals surface area contributed by atoms with Gasteiger partial charge in [0.25, 0.3) is 5.91 Å². The van der Waals surface area contributed by atoms with Gasteiger partial charge < -0.3 is 10.1 Å². The van der Waals surface area contributed by atoms with Crippen LogP contribution in [-0.2, 0) is 9.53 Å². The monoisotopic (exact) mass is 325 g/mol. The first-order valence-electron chi connectivity index (χ1n) is 7.06. The summed E-state index contributed by atoms with van der Waals surface area (Å²) >= 11 is 0. The Kier molecular flexibility index (Phi) is 4.42. The number of hydrogen-bond donors (Lipinski definition) is 1. The zero-order valence-corrected chi connectivity index (χ0v) is 12.4. The number of rotatable bonds is 4. The standard InChI is InChI=1S/C17H12FN3O3/c18-11-6-7-15(20-9-11)21-16(22)10-24-17(23)13-3-1-5-14-12(13)4-2-8-19-14/h1-9H,10H2,(H,20,21,22). The van der Waals surface area contributed by atoms with Crippen LogP contribution in [0.1, 0.15) is 10.4 Å². The number of carbonyl (C=O) groups excluding carboxylic acids is 2. The third-order valence-corrected chi connectivity index (χ3v) is 3.19. The molecule has 0 aliphatic heterocycles. The number of halogens is 1. The van der Waals surface area contributed by atoms with Crippen LogP contribution < -0.4 is 5.32 Å². The van der Waals surface area contributed by atoms with Crippen LogP contribution in [0.5, 0.6) is 0 Å². The first-order chi connectivity index (χ1) is 11.6. The van der Waals surface area contributed by atoms with Gasteiger partial charge in [-0.05, 0) is 30.3 Å². The second kappa shape index (κ2) is 6.82. The Bertz CT molecular complexity index is 892. The van der Waals surface area contributed by atoms with E-state index in [1.807, 2.05) is 0 Å². The second-order valence-corrected chi connectivity index (χ2v) is 4.86. The molecule has 0 radical (unpaired) electrons. The Hall–Kier alpha value is -3.35. The number of carbonyl (C=O) groups is 2. The number of hydrogen-bond acceptors (Lipinski definition) is 5. The van der Waals surface area contributed by atoms with Crippen molar-refractivity contribution in [2.75, 3.05) is 11.9 Å². The first-order valence-corrected chi connectivity index (χ1v) is 7.06. The molecule has 24 heavy (non-hydrogen) atoms. The number of benzene rings is 1. The lowest BCUT2D eigenvalue weighted by molar-refractivity contribution is -0.119. The van der Waals surface area contributed by atoms with Crippen LogP contribution >= 0.6 is 0 Å². The van der Waals surface area contributed by atoms with Crippen molar-refractivity contribution in [3.05, 3.63) is 66.2 Å². The Morgan fingerprint density at radius 2 is 1.96 bits per heavy atom. The number of amides is 1. The summed E-state index contributed by atoms with van der Waals surface area (Å²) in [6.45, 7) is -0.478. The molecule has 0 aliphatic rings. The van der Waals surface area contributed by atoms with E-state index < -0.39 is 24.3 Å². The zero-order valence-electron chi connectivity index (χ0n) is 12.4. The minimum Gasteiger partial charge on any atom is -0.452 e. The zero-order chi connectivity index (χ0) is 16.9. The highest BCUT2D eigenvalue weighted by Crippen LogP contribution is 2.17. The second-order valence-electron chi connectivity index (χ2n) is 4.86. The van der Waals surface area contributed by atoms with E-state index in [-0.39, 0.29) is 5.82 Å². The number of anilines is 1. The maximum atomic E-state index is 12.7. The van der Waals surface area contributed by atoms with Gasteiger partial charge in [0.05, 0.1) is 17.3 Å². The molecule has 0 fully saturated rings. The Balaban J connectivity index is 1.64. The number of pyridine rings is 2. The van der Waals surface area contributed by atoms with E-state index in [0.717, 1.165) is 12.3 Å². The topological polar surface area (TPSA) is 81.2 Å². The summed E-state index contributed by atoms with van der Waals surface area (Å²) in [5.41, 5.74) is 0.986. The first kappa shape index (κ1) is 15.5. The van der Waals surface area contributed by atoms with E-state index >= 15 is 0 Å². The molecular weight excluding hydrogens is 313 g/mol. The van der Waals surface area contributed by atoms with Crippen molar-refractivity contribution in [1.29, 1.82) is 0 Å². The molecule has 0 unspecified atom stereocenters. The van der Waals surface area contributed by atoms with E-state index in [1.54, 1.807) is 36.5 Å². The number of ether oxygens (including phenoxy) is 1. The van der Waals surface area contributed by atoms with Crippen LogP contribution in [0.3, 0.4) is 0 Å². The van der Waals surface area contributed by atoms with Crippen LogP contribution in [-0.4, -0.2) is 28.5 Å². The molecule has 0 atom stereocenters. The molecule has 0 saturated carbocycles. The molecule has 2 aromatic heterocycles. The van der Waals surface area contributed by atoms with Crippen LogP contribution in [0.2, 0.25) is 0 Å². The highest BCUT2D eigenvalue weighted by Gasteiger charge is 2.13. The van der Waals surface area contributed by atoms with Crippen molar-refractivity contribution in [2.24, 2.45) is 0 Å². The quantitative estimate of drug-likeness (QED) is 0.746. The normalized spacial score (nSPS) is 10.4. The van der Waals surface area contributed by atoms with Gasteiger partial charge in [-0.15, -0.1) is 0 Å². The molecular formula is C17H12FN3O3. The summed E-state index contributed by atoms with van der Waals surface area (Å²) in [7, 11) is 0. The number of nitrogens with one attached hydrogen (secondary N) is 1. The number of nitrogens with zero attached hydrogens (tertiary/aromatic N) is 2. The Morgan fingerprint density at radius 1 is 1.08 bits per heavy atom. The molecule has 3 aromatic rings. The average molecular weight is 325 g/mol. The van der Waals surface area contributed by atoms with Crippen LogP contribution in [0.25, 0.3) is 10.9 Å². The molecule has 0 aliphatic carbocycles. The maximum absolute atomic E-state index is 12.7. The SMILES string of the molecule is O=C(COC(=O)c1cccc2ncccc12)Nc1ccc(F)cn1. The van der Waals surface area contributed by atoms with E-state index in [1.165, 1.54) is 6.07 Å². The van der Waals surface area contributed by atoms with Crippen LogP contribution in [0.4, 0.5) is 10.2 Å². The summed E-state index contributed by atoms with van der Waals surface area (Å²) in [4.78, 5) is 31.8. The highest BCUT2D eigenvalue weighted by atomic mass is 19.1. The summed E-state index contributed by atoms with van der Waals surface area (Å²) in [5.74, 6) is -1.53. The molecule has 3 rings (SSSR count). The summed E-state index contributed by atoms with van der Waals surface area (Å²) in [6.07, 6.45) is 2.60. The van der Waals surface area contributed by atoms with Crippen molar-refractivity contribution < 1.29 is 18.7 Å². The minimum atomic E-state index is -0.629. The molecule has 1 amide bonds. The van der Waals surface area contributed by atoms with Gasteiger partial charge in [-0.2, -0.15) is 0 Å². The lowest BCUT2D eigenvalue weighted by Crippen LogP contribution is -2.21. The van der Waals surface area contributed by atoms with Crippen LogP contribution in [0, 0.1) is 5.82 Å². The van der Waals surface area contributed by atoms with E-state index in [4.69, 9.17) is 4.74 Å². The fourth-order valence-corrected chi connectivity index (χ4v) is 2.12. The van der Waals surface area contributed by atoms with Gasteiger partial charge in [0.15, 0.2) is 6.61 Å². The highest BCUT2D eigenvalue weighted by molar-refractivity contribution is 6.04. The molecule has 2 heterocycles. The van der Waals surface area contributed by atoms with Gasteiger partial charge in [0.2, 0.25) is 0 Å². The summed E-state index contributed by atoms with van der Waals surface area (Å²) < 4.78 is 17.8. The lowest BCUT2D eigenvalue weighted by Gasteiger charge is -2.07. The fraction of sp³-hybridized carbons (Fsp3) is 0.0588. The third-order valence-electron chi connectivity index (χ3n) is 3.19. The van der Waals surface area contributed by atoms with Crippen LogP contribution in [0.15, 0.2) is 54.9 Å². The van der Waals surface area contributed by atoms with Crippen molar-refractivity contribution >= 4 is 28.6 Å². The predicted octanol–water partition coefficient (Wildman–Crippen LogP) is 2.56. The van der Waals surface area contributed by atoms with Crippen molar-refractivity contribution in [2.45, 2.75) is 0 Å². The Morgan fingerprint density at radius 3 is 2.75 bits per heavy atom. The molecule has 0 saturated heterocycles. The molecule has 0 spiro atoms. The van der Waals surface area contributed by atoms with Gasteiger partial charge in [0.1, 0.15) is 11.6 Å². The molecule has 0 bridgehead atoms. The molecule has 1 aromatic carbocycles. The van der Waals surface area contributed by atoms with Gasteiger partial charge in [-0.1, -0.05) is 12.1 Å². The molecule has 1 N–H and O–H groups in total. The van der Waals surface area contributed by atoms with Crippen molar-refractivity contribution in [1.82, 2.24) is 9.97 Å². The predicted molar refractivity (Wildman–Crippen MR) is 84.9 cm³/mol. The summed E-state index contributed by atoms with van der Waals surface area (Å²) in [6, 6.07) is 11.0. The average Bonchev–Trinajstić information content (AvgIpc) is 2.61. The van der Waals surface area contributed by atoms with Gasteiger partial charge in [0, 0.05) is 11.6 Å². The van der Waals surface area contributed by atoms with Gasteiger partial charge in [-0.3, -0.25) is 9.78 Å². The number of esters is 1. The van der Waals surface area contributed by atoms with Gasteiger partial charge in [-0.25, -0.2) is 14.2 Å². The summed E-state index contributed by atoms with van der Waals surface area (Å²) in [5, 5.41) is 3.05. The van der Waals surface area contributed by atoms with E-state index in [0.29, 0.717) is 16.5 Å². The lowest BCUT2D eigenvalue weighted by atomic mass is 10.1. The molecule has 7 heteroatoms. The minimum absolute atomic E-state index is 0.173. The Labute approximate surface area is 136 Å². The van der Waals surface area contributed by atoms with E-state index in [2.05, 4.69) is 15.3 Å². The largest absolute Gasteiger partial charge is 0.452 e. The number of aromatic nitrogens is 2. The van der Waals surface area contributed by atoms with Gasteiger partial charge >= 0.3 is 5.97 Å². The number of fused-ring (bicyclic) bond motifs is 1. The molecule has 6 nitrogen and oxygen atoms in total. The van der Waals surface area contributed by atoms with E-state index in [9.17, 15) is 14.0 Å². The third kappa shape index (κ3) is 3.52. The smallest absolute Gasteiger partial charge is 0.339 e. The fourth-order valence-electron chi connectivity index (χ4n) is 2.12. The maximum Gasteiger partial charge on any atom is 0.339 e. The molecule has 120 valence electrons. The van der Waals surface area contributed by atoms with Crippen molar-refractivity contribution in [3.8, 4) is 0 Å². The van der Waals surface area contributed by atoms with Crippen molar-refractivity contribution in [3.63, 3.8) is 0 Å².